The lowest BCUT2D eigenvalue weighted by molar-refractivity contribution is -0.134. The molecule has 0 bridgehead atoms. The summed E-state index contributed by atoms with van der Waals surface area (Å²) in [6, 6.07) is 24.6. The van der Waals surface area contributed by atoms with Crippen LogP contribution in [0.1, 0.15) is 43.9 Å². The van der Waals surface area contributed by atoms with Gasteiger partial charge in [-0.05, 0) is 42.4 Å². The molecule has 1 unspecified atom stereocenters. The molecule has 0 fully saturated rings. The minimum Gasteiger partial charge on any atom is -0.445 e. The average Bonchev–Trinajstić information content (AvgIpc) is 3.02. The second-order valence-electron chi connectivity index (χ2n) is 11.1. The maximum atomic E-state index is 13.5. The van der Waals surface area contributed by atoms with E-state index >= 15 is 0 Å². The van der Waals surface area contributed by atoms with Crippen LogP contribution in [0.5, 0.6) is 0 Å². The molecular weight excluding hydrogens is 560 g/mol. The van der Waals surface area contributed by atoms with Crippen LogP contribution in [0.25, 0.3) is 0 Å². The third-order valence-corrected chi connectivity index (χ3v) is 6.87. The summed E-state index contributed by atoms with van der Waals surface area (Å²) in [7, 11) is 0. The number of carbonyl (C=O) groups is 4. The molecule has 10 heteroatoms. The Morgan fingerprint density at radius 1 is 0.682 bits per heavy atom. The van der Waals surface area contributed by atoms with E-state index in [4.69, 9.17) is 4.74 Å². The SMILES string of the molecule is CC(C)C[C@H](NC(=O)C(C)NC(=O)OCc1ccccc1)C(=O)N[C@@H](Cc1ccccc1)[C@H](O)C(=O)NCc1ccccc1. The minimum absolute atomic E-state index is 0.0248. The number of ether oxygens (including phenoxy) is 1. The average molecular weight is 603 g/mol. The van der Waals surface area contributed by atoms with Gasteiger partial charge in [0, 0.05) is 6.54 Å². The molecule has 0 saturated carbocycles. The first-order chi connectivity index (χ1) is 21.1. The number of carbonyl (C=O) groups excluding carboxylic acids is 4. The number of rotatable bonds is 15. The molecule has 44 heavy (non-hydrogen) atoms. The van der Waals surface area contributed by atoms with E-state index in [9.17, 15) is 24.3 Å². The lowest BCUT2D eigenvalue weighted by Crippen LogP contribution is -2.58. The van der Waals surface area contributed by atoms with Crippen molar-refractivity contribution in [3.8, 4) is 0 Å². The van der Waals surface area contributed by atoms with Crippen molar-refractivity contribution < 1.29 is 29.0 Å². The predicted molar refractivity (Wildman–Crippen MR) is 167 cm³/mol. The van der Waals surface area contributed by atoms with E-state index in [0.29, 0.717) is 0 Å². The van der Waals surface area contributed by atoms with Gasteiger partial charge in [0.15, 0.2) is 6.10 Å². The first kappa shape index (κ1) is 33.8. The number of nitrogens with one attached hydrogen (secondary N) is 4. The van der Waals surface area contributed by atoms with Crippen molar-refractivity contribution in [2.45, 2.75) is 71.0 Å². The largest absolute Gasteiger partial charge is 0.445 e. The molecular formula is C34H42N4O6. The van der Waals surface area contributed by atoms with Gasteiger partial charge < -0.3 is 31.1 Å². The van der Waals surface area contributed by atoms with Crippen LogP contribution in [-0.2, 0) is 38.7 Å². The maximum Gasteiger partial charge on any atom is 0.408 e. The molecule has 0 spiro atoms. The predicted octanol–water partition coefficient (Wildman–Crippen LogP) is 3.24. The van der Waals surface area contributed by atoms with E-state index in [1.807, 2.05) is 105 Å². The molecule has 3 aromatic rings. The number of hydrogen-bond acceptors (Lipinski definition) is 6. The topological polar surface area (TPSA) is 146 Å². The molecule has 3 rings (SSSR count). The Morgan fingerprint density at radius 3 is 1.80 bits per heavy atom. The normalized spacial score (nSPS) is 13.6. The van der Waals surface area contributed by atoms with E-state index in [1.54, 1.807) is 0 Å². The van der Waals surface area contributed by atoms with Gasteiger partial charge in [-0.2, -0.15) is 0 Å². The molecule has 234 valence electrons. The molecule has 0 heterocycles. The first-order valence-electron chi connectivity index (χ1n) is 14.7. The van der Waals surface area contributed by atoms with Crippen molar-refractivity contribution in [3.05, 3.63) is 108 Å². The summed E-state index contributed by atoms with van der Waals surface area (Å²) in [5, 5.41) is 21.8. The molecule has 0 saturated heterocycles. The van der Waals surface area contributed by atoms with Gasteiger partial charge >= 0.3 is 6.09 Å². The van der Waals surface area contributed by atoms with Gasteiger partial charge in [-0.1, -0.05) is 105 Å². The quantitative estimate of drug-likeness (QED) is 0.181. The Morgan fingerprint density at radius 2 is 1.23 bits per heavy atom. The Balaban J connectivity index is 1.65. The first-order valence-corrected chi connectivity index (χ1v) is 14.7. The summed E-state index contributed by atoms with van der Waals surface area (Å²) in [6.45, 7) is 5.56. The summed E-state index contributed by atoms with van der Waals surface area (Å²) in [4.78, 5) is 51.8. The maximum absolute atomic E-state index is 13.5. The smallest absolute Gasteiger partial charge is 0.408 e. The van der Waals surface area contributed by atoms with Gasteiger partial charge in [-0.15, -0.1) is 0 Å². The fraction of sp³-hybridized carbons (Fsp3) is 0.353. The molecule has 0 aliphatic heterocycles. The highest BCUT2D eigenvalue weighted by Gasteiger charge is 2.32. The zero-order chi connectivity index (χ0) is 31.9. The monoisotopic (exact) mass is 602 g/mol. The van der Waals surface area contributed by atoms with Crippen molar-refractivity contribution in [1.29, 1.82) is 0 Å². The van der Waals surface area contributed by atoms with Gasteiger partial charge in [0.05, 0.1) is 6.04 Å². The molecule has 10 nitrogen and oxygen atoms in total. The van der Waals surface area contributed by atoms with Crippen LogP contribution in [0.4, 0.5) is 4.79 Å². The highest BCUT2D eigenvalue weighted by molar-refractivity contribution is 5.91. The van der Waals surface area contributed by atoms with Crippen molar-refractivity contribution in [1.82, 2.24) is 21.3 Å². The van der Waals surface area contributed by atoms with Gasteiger partial charge in [-0.25, -0.2) is 4.79 Å². The van der Waals surface area contributed by atoms with Crippen LogP contribution < -0.4 is 21.3 Å². The Labute approximate surface area is 258 Å². The van der Waals surface area contributed by atoms with E-state index in [2.05, 4.69) is 21.3 Å². The number of aliphatic hydroxyl groups is 1. The van der Waals surface area contributed by atoms with E-state index in [0.717, 1.165) is 16.7 Å². The Bertz CT molecular complexity index is 1340. The molecule has 0 aliphatic carbocycles. The molecule has 0 radical (unpaired) electrons. The second kappa shape index (κ2) is 17.4. The zero-order valence-corrected chi connectivity index (χ0v) is 25.4. The van der Waals surface area contributed by atoms with Crippen LogP contribution in [0, 0.1) is 5.92 Å². The van der Waals surface area contributed by atoms with Crippen LogP contribution in [-0.4, -0.2) is 53.2 Å². The van der Waals surface area contributed by atoms with Crippen LogP contribution >= 0.6 is 0 Å². The van der Waals surface area contributed by atoms with Crippen molar-refractivity contribution in [2.75, 3.05) is 0 Å². The Kier molecular flexibility index (Phi) is 13.4. The molecule has 0 aromatic heterocycles. The minimum atomic E-state index is -1.56. The van der Waals surface area contributed by atoms with E-state index in [-0.39, 0.29) is 31.9 Å². The zero-order valence-electron chi connectivity index (χ0n) is 25.4. The van der Waals surface area contributed by atoms with Crippen molar-refractivity contribution >= 4 is 23.8 Å². The summed E-state index contributed by atoms with van der Waals surface area (Å²) < 4.78 is 5.20. The third kappa shape index (κ3) is 11.5. The van der Waals surface area contributed by atoms with Gasteiger partial charge in [-0.3, -0.25) is 14.4 Å². The van der Waals surface area contributed by atoms with Crippen molar-refractivity contribution in [2.24, 2.45) is 5.92 Å². The lowest BCUT2D eigenvalue weighted by atomic mass is 9.98. The molecule has 5 N–H and O–H groups in total. The fourth-order valence-electron chi connectivity index (χ4n) is 4.47. The molecule has 4 atom stereocenters. The second-order valence-corrected chi connectivity index (χ2v) is 11.1. The lowest BCUT2D eigenvalue weighted by Gasteiger charge is -2.28. The van der Waals surface area contributed by atoms with Crippen LogP contribution in [0.2, 0.25) is 0 Å². The van der Waals surface area contributed by atoms with Gasteiger partial charge in [0.1, 0.15) is 18.7 Å². The number of aliphatic hydroxyl groups excluding tert-OH is 1. The summed E-state index contributed by atoms with van der Waals surface area (Å²) in [6.07, 6.45) is -1.86. The highest BCUT2D eigenvalue weighted by Crippen LogP contribution is 2.11. The van der Waals surface area contributed by atoms with Crippen molar-refractivity contribution in [3.63, 3.8) is 0 Å². The number of benzene rings is 3. The number of hydrogen-bond donors (Lipinski definition) is 5. The molecule has 0 aliphatic rings. The molecule has 3 aromatic carbocycles. The van der Waals surface area contributed by atoms with E-state index < -0.39 is 48.0 Å². The molecule has 4 amide bonds. The standard InChI is InChI=1S/C34H42N4O6/c1-23(2)19-29(38-31(40)24(3)36-34(43)44-22-27-17-11-6-12-18-27)32(41)37-28(20-25-13-7-4-8-14-25)30(39)33(42)35-21-26-15-9-5-10-16-26/h4-18,23-24,28-30,39H,19-22H2,1-3H3,(H,35,42)(H,36,43)(H,37,41)(H,38,40)/t24?,28-,29-,30-/m0/s1. The number of amides is 4. The summed E-state index contributed by atoms with van der Waals surface area (Å²) in [5.74, 6) is -1.74. The summed E-state index contributed by atoms with van der Waals surface area (Å²) >= 11 is 0. The Hall–Kier alpha value is -4.70. The summed E-state index contributed by atoms with van der Waals surface area (Å²) in [5.41, 5.74) is 2.47. The van der Waals surface area contributed by atoms with Crippen LogP contribution in [0.3, 0.4) is 0 Å². The highest BCUT2D eigenvalue weighted by atomic mass is 16.5. The van der Waals surface area contributed by atoms with Crippen LogP contribution in [0.15, 0.2) is 91.0 Å². The van der Waals surface area contributed by atoms with Gasteiger partial charge in [0.2, 0.25) is 11.8 Å². The van der Waals surface area contributed by atoms with Gasteiger partial charge in [0.25, 0.3) is 5.91 Å². The fourth-order valence-corrected chi connectivity index (χ4v) is 4.47. The third-order valence-electron chi connectivity index (χ3n) is 6.87. The number of alkyl carbamates (subject to hydrolysis) is 1. The van der Waals surface area contributed by atoms with E-state index in [1.165, 1.54) is 6.92 Å².